The third-order valence-electron chi connectivity index (χ3n) is 3.64. The summed E-state index contributed by atoms with van der Waals surface area (Å²) in [5.74, 6) is -0.181. The molecule has 1 aromatic carbocycles. The standard InChI is InChI=1S/C18H25N3O2S/c1-11(2)19-18-21(12(3)4)17(23)15(24-18)10-16(22)20-14-9-7-6-8-13(14)5/h6-9,11-12,15H,10H2,1-5H3,(H,20,22)/t15-/m1/s1. The molecule has 1 heterocycles. The van der Waals surface area contributed by atoms with Crippen molar-refractivity contribution < 1.29 is 9.59 Å². The molecule has 1 aliphatic heterocycles. The fourth-order valence-electron chi connectivity index (χ4n) is 2.48. The molecule has 0 bridgehead atoms. The molecule has 6 heteroatoms. The maximum atomic E-state index is 12.6. The Morgan fingerprint density at radius 3 is 2.54 bits per heavy atom. The minimum atomic E-state index is -0.408. The number of rotatable bonds is 5. The van der Waals surface area contributed by atoms with Crippen molar-refractivity contribution >= 4 is 34.4 Å². The molecule has 0 aliphatic carbocycles. The number of hydrogen-bond acceptors (Lipinski definition) is 4. The van der Waals surface area contributed by atoms with Crippen LogP contribution in [-0.2, 0) is 9.59 Å². The Hall–Kier alpha value is -1.82. The van der Waals surface area contributed by atoms with E-state index in [-0.39, 0.29) is 30.3 Å². The zero-order valence-electron chi connectivity index (χ0n) is 14.9. The average Bonchev–Trinajstić information content (AvgIpc) is 2.76. The second-order valence-corrected chi connectivity index (χ2v) is 7.65. The number of thioether (sulfide) groups is 1. The smallest absolute Gasteiger partial charge is 0.242 e. The summed E-state index contributed by atoms with van der Waals surface area (Å²) in [6.07, 6.45) is 0.151. The molecule has 0 unspecified atom stereocenters. The SMILES string of the molecule is Cc1ccccc1NC(=O)C[C@H]1SC(=NC(C)C)N(C(C)C)C1=O. The van der Waals surface area contributed by atoms with Gasteiger partial charge >= 0.3 is 0 Å². The van der Waals surface area contributed by atoms with E-state index in [1.807, 2.05) is 58.9 Å². The monoisotopic (exact) mass is 347 g/mol. The molecule has 2 rings (SSSR count). The highest BCUT2D eigenvalue weighted by molar-refractivity contribution is 8.15. The summed E-state index contributed by atoms with van der Waals surface area (Å²) in [5.41, 5.74) is 1.79. The molecule has 1 saturated heterocycles. The molecule has 5 nitrogen and oxygen atoms in total. The Morgan fingerprint density at radius 2 is 1.96 bits per heavy atom. The lowest BCUT2D eigenvalue weighted by molar-refractivity contribution is -0.129. The van der Waals surface area contributed by atoms with Gasteiger partial charge in [-0.05, 0) is 46.2 Å². The summed E-state index contributed by atoms with van der Waals surface area (Å²) >= 11 is 1.39. The van der Waals surface area contributed by atoms with Crippen LogP contribution in [0.4, 0.5) is 5.69 Å². The number of para-hydroxylation sites is 1. The number of hydrogen-bond donors (Lipinski definition) is 1. The number of benzene rings is 1. The highest BCUT2D eigenvalue weighted by Crippen LogP contribution is 2.32. The zero-order chi connectivity index (χ0) is 17.9. The number of carbonyl (C=O) groups is 2. The normalized spacial score (nSPS) is 19.6. The number of amides is 2. The van der Waals surface area contributed by atoms with E-state index in [0.29, 0.717) is 0 Å². The summed E-state index contributed by atoms with van der Waals surface area (Å²) < 4.78 is 0. The Kier molecular flexibility index (Phi) is 6.04. The van der Waals surface area contributed by atoms with Crippen molar-refractivity contribution in [2.24, 2.45) is 4.99 Å². The molecule has 1 aliphatic rings. The van der Waals surface area contributed by atoms with E-state index in [1.54, 1.807) is 4.90 Å². The lowest BCUT2D eigenvalue weighted by Gasteiger charge is -2.21. The highest BCUT2D eigenvalue weighted by atomic mass is 32.2. The van der Waals surface area contributed by atoms with Crippen LogP contribution in [0.2, 0.25) is 0 Å². The van der Waals surface area contributed by atoms with Crippen LogP contribution in [-0.4, -0.2) is 39.2 Å². The molecule has 2 amide bonds. The zero-order valence-corrected chi connectivity index (χ0v) is 15.7. The Bertz CT molecular complexity index is 655. The van der Waals surface area contributed by atoms with Gasteiger partial charge in [-0.2, -0.15) is 0 Å². The van der Waals surface area contributed by atoms with Gasteiger partial charge in [0, 0.05) is 24.2 Å². The van der Waals surface area contributed by atoms with Crippen molar-refractivity contribution in [2.45, 2.75) is 58.4 Å². The summed E-state index contributed by atoms with van der Waals surface area (Å²) in [4.78, 5) is 31.2. The molecule has 1 aromatic rings. The van der Waals surface area contributed by atoms with Gasteiger partial charge in [-0.25, -0.2) is 0 Å². The van der Waals surface area contributed by atoms with Gasteiger partial charge in [-0.3, -0.25) is 19.5 Å². The van der Waals surface area contributed by atoms with E-state index in [0.717, 1.165) is 16.4 Å². The number of aryl methyl sites for hydroxylation is 1. The Morgan fingerprint density at radius 1 is 1.29 bits per heavy atom. The molecular formula is C18H25N3O2S. The molecular weight excluding hydrogens is 322 g/mol. The fraction of sp³-hybridized carbons (Fsp3) is 0.500. The van der Waals surface area contributed by atoms with E-state index in [4.69, 9.17) is 0 Å². The highest BCUT2D eigenvalue weighted by Gasteiger charge is 2.40. The van der Waals surface area contributed by atoms with E-state index in [2.05, 4.69) is 10.3 Å². The molecule has 1 fully saturated rings. The molecule has 0 aromatic heterocycles. The quantitative estimate of drug-likeness (QED) is 0.887. The van der Waals surface area contributed by atoms with Crippen LogP contribution in [0.1, 0.15) is 39.7 Å². The molecule has 1 N–H and O–H groups in total. The maximum absolute atomic E-state index is 12.6. The van der Waals surface area contributed by atoms with Crippen LogP contribution in [0.5, 0.6) is 0 Å². The average molecular weight is 347 g/mol. The van der Waals surface area contributed by atoms with Crippen molar-refractivity contribution in [2.75, 3.05) is 5.32 Å². The van der Waals surface area contributed by atoms with Gasteiger partial charge in [-0.1, -0.05) is 30.0 Å². The van der Waals surface area contributed by atoms with Gasteiger partial charge in [-0.15, -0.1) is 0 Å². The summed E-state index contributed by atoms with van der Waals surface area (Å²) in [5, 5.41) is 3.21. The topological polar surface area (TPSA) is 61.8 Å². The van der Waals surface area contributed by atoms with Crippen molar-refractivity contribution in [3.63, 3.8) is 0 Å². The Labute approximate surface area is 147 Å². The van der Waals surface area contributed by atoms with E-state index >= 15 is 0 Å². The number of carbonyl (C=O) groups excluding carboxylic acids is 2. The molecule has 1 atom stereocenters. The summed E-state index contributed by atoms with van der Waals surface area (Å²) in [7, 11) is 0. The third kappa shape index (κ3) is 4.38. The van der Waals surface area contributed by atoms with Crippen molar-refractivity contribution in [1.82, 2.24) is 4.90 Å². The van der Waals surface area contributed by atoms with Crippen molar-refractivity contribution in [1.29, 1.82) is 0 Å². The first kappa shape index (κ1) is 18.5. The number of nitrogens with zero attached hydrogens (tertiary/aromatic N) is 2. The molecule has 130 valence electrons. The number of amidine groups is 1. The molecule has 0 saturated carbocycles. The van der Waals surface area contributed by atoms with Crippen LogP contribution in [0.15, 0.2) is 29.3 Å². The number of nitrogens with one attached hydrogen (secondary N) is 1. The predicted octanol–water partition coefficient (Wildman–Crippen LogP) is 3.44. The van der Waals surface area contributed by atoms with Crippen LogP contribution in [0.3, 0.4) is 0 Å². The van der Waals surface area contributed by atoms with Crippen molar-refractivity contribution in [3.8, 4) is 0 Å². The first-order valence-corrected chi connectivity index (χ1v) is 9.10. The van der Waals surface area contributed by atoms with Crippen molar-refractivity contribution in [3.05, 3.63) is 29.8 Å². The number of anilines is 1. The summed E-state index contributed by atoms with van der Waals surface area (Å²) in [6, 6.07) is 7.76. The van der Waals surface area contributed by atoms with Gasteiger partial charge in [0.2, 0.25) is 11.8 Å². The molecule has 24 heavy (non-hydrogen) atoms. The van der Waals surface area contributed by atoms with Gasteiger partial charge in [0.15, 0.2) is 5.17 Å². The van der Waals surface area contributed by atoms with Crippen LogP contribution in [0.25, 0.3) is 0 Å². The third-order valence-corrected chi connectivity index (χ3v) is 4.81. The minimum Gasteiger partial charge on any atom is -0.326 e. The molecule has 0 radical (unpaired) electrons. The van der Waals surface area contributed by atoms with Gasteiger partial charge in [0.25, 0.3) is 0 Å². The maximum Gasteiger partial charge on any atom is 0.242 e. The first-order valence-electron chi connectivity index (χ1n) is 8.22. The number of aliphatic imine (C=N–C) groups is 1. The van der Waals surface area contributed by atoms with Crippen LogP contribution in [0, 0.1) is 6.92 Å². The van der Waals surface area contributed by atoms with E-state index < -0.39 is 5.25 Å². The lowest BCUT2D eigenvalue weighted by atomic mass is 10.2. The van der Waals surface area contributed by atoms with Crippen LogP contribution < -0.4 is 5.32 Å². The second kappa shape index (κ2) is 7.83. The molecule has 0 spiro atoms. The largest absolute Gasteiger partial charge is 0.326 e. The van der Waals surface area contributed by atoms with Crippen LogP contribution >= 0.6 is 11.8 Å². The van der Waals surface area contributed by atoms with E-state index in [1.165, 1.54) is 11.8 Å². The minimum absolute atomic E-state index is 0.0330. The van der Waals surface area contributed by atoms with E-state index in [9.17, 15) is 9.59 Å². The Balaban J connectivity index is 2.08. The first-order chi connectivity index (χ1) is 11.3. The second-order valence-electron chi connectivity index (χ2n) is 6.48. The predicted molar refractivity (Wildman–Crippen MR) is 100 cm³/mol. The fourth-order valence-corrected chi connectivity index (χ4v) is 3.87. The van der Waals surface area contributed by atoms with Gasteiger partial charge in [0.1, 0.15) is 5.25 Å². The lowest BCUT2D eigenvalue weighted by Crippen LogP contribution is -2.38. The summed E-state index contributed by atoms with van der Waals surface area (Å²) in [6.45, 7) is 9.83. The van der Waals surface area contributed by atoms with Gasteiger partial charge < -0.3 is 5.32 Å². The van der Waals surface area contributed by atoms with Gasteiger partial charge in [0.05, 0.1) is 0 Å².